The highest BCUT2D eigenvalue weighted by Crippen LogP contribution is 2.29. The minimum Gasteiger partial charge on any atom is -0.493 e. The van der Waals surface area contributed by atoms with Crippen LogP contribution in [0.25, 0.3) is 0 Å². The number of aryl methyl sites for hydroxylation is 1. The van der Waals surface area contributed by atoms with Gasteiger partial charge in [0.05, 0.1) is 24.5 Å². The molecule has 16 heavy (non-hydrogen) atoms. The van der Waals surface area contributed by atoms with E-state index in [1.54, 1.807) is 23.5 Å². The Balaban J connectivity index is 2.41. The van der Waals surface area contributed by atoms with Gasteiger partial charge in [-0.15, -0.1) is 11.3 Å². The molecule has 5 nitrogen and oxygen atoms in total. The molecule has 0 amide bonds. The van der Waals surface area contributed by atoms with Gasteiger partial charge in [-0.1, -0.05) is 0 Å². The first-order valence-corrected chi connectivity index (χ1v) is 5.88. The van der Waals surface area contributed by atoms with Gasteiger partial charge in [-0.3, -0.25) is 4.68 Å². The molecule has 1 N–H and O–H groups in total. The molecule has 2 aromatic heterocycles. The third-order valence-electron chi connectivity index (χ3n) is 2.35. The fraction of sp³-hybridized carbons (Fsp3) is 0.400. The van der Waals surface area contributed by atoms with E-state index in [-0.39, 0.29) is 0 Å². The van der Waals surface area contributed by atoms with Gasteiger partial charge in [0.2, 0.25) is 0 Å². The van der Waals surface area contributed by atoms with Gasteiger partial charge < -0.3 is 9.84 Å². The molecule has 0 saturated heterocycles. The van der Waals surface area contributed by atoms with E-state index in [2.05, 4.69) is 10.1 Å². The molecule has 2 heterocycles. The van der Waals surface area contributed by atoms with Gasteiger partial charge in [-0.2, -0.15) is 5.10 Å². The summed E-state index contributed by atoms with van der Waals surface area (Å²) in [6.07, 6.45) is 0.817. The Morgan fingerprint density at radius 2 is 2.44 bits per heavy atom. The Bertz CT molecular complexity index is 431. The molecule has 0 spiro atoms. The van der Waals surface area contributed by atoms with Crippen LogP contribution in [-0.2, 0) is 6.54 Å². The quantitative estimate of drug-likeness (QED) is 0.877. The van der Waals surface area contributed by atoms with E-state index < -0.39 is 6.10 Å². The number of aromatic nitrogens is 3. The van der Waals surface area contributed by atoms with Crippen molar-refractivity contribution in [3.8, 4) is 5.75 Å². The number of thiazole rings is 1. The number of ether oxygens (including phenoxy) is 1. The zero-order valence-corrected chi connectivity index (χ0v) is 9.94. The largest absolute Gasteiger partial charge is 0.493 e. The summed E-state index contributed by atoms with van der Waals surface area (Å²) in [6.45, 7) is 2.64. The first kappa shape index (κ1) is 11.1. The summed E-state index contributed by atoms with van der Waals surface area (Å²) in [7, 11) is 1.56. The van der Waals surface area contributed by atoms with Crippen molar-refractivity contribution in [2.75, 3.05) is 7.11 Å². The second kappa shape index (κ2) is 4.63. The van der Waals surface area contributed by atoms with Crippen LogP contribution in [0.3, 0.4) is 0 Å². The molecular weight excluding hydrogens is 226 g/mol. The van der Waals surface area contributed by atoms with Crippen LogP contribution in [-0.4, -0.2) is 27.0 Å². The molecule has 86 valence electrons. The van der Waals surface area contributed by atoms with Crippen molar-refractivity contribution in [2.45, 2.75) is 19.6 Å². The second-order valence-electron chi connectivity index (χ2n) is 3.23. The van der Waals surface area contributed by atoms with Crippen LogP contribution in [0.5, 0.6) is 5.75 Å². The highest BCUT2D eigenvalue weighted by atomic mass is 32.1. The summed E-state index contributed by atoms with van der Waals surface area (Å²) in [6, 6.07) is 0. The SMILES string of the molecule is CCn1ncc(OC)c1C(O)c1cscn1. The van der Waals surface area contributed by atoms with E-state index in [0.29, 0.717) is 23.7 Å². The predicted octanol–water partition coefficient (Wildman–Crippen LogP) is 1.45. The Kier molecular flexibility index (Phi) is 3.21. The minimum atomic E-state index is -0.788. The summed E-state index contributed by atoms with van der Waals surface area (Å²) in [5.74, 6) is 0.586. The number of aliphatic hydroxyl groups is 1. The molecular formula is C10H13N3O2S. The molecule has 0 aromatic carbocycles. The Morgan fingerprint density at radius 1 is 1.62 bits per heavy atom. The maximum atomic E-state index is 10.2. The number of hydrogen-bond donors (Lipinski definition) is 1. The smallest absolute Gasteiger partial charge is 0.163 e. The fourth-order valence-electron chi connectivity index (χ4n) is 1.56. The van der Waals surface area contributed by atoms with Crippen molar-refractivity contribution in [3.05, 3.63) is 28.5 Å². The molecule has 2 rings (SSSR count). The van der Waals surface area contributed by atoms with Crippen molar-refractivity contribution < 1.29 is 9.84 Å². The molecule has 0 fully saturated rings. The van der Waals surface area contributed by atoms with E-state index in [0.717, 1.165) is 0 Å². The molecule has 0 aliphatic heterocycles. The summed E-state index contributed by atoms with van der Waals surface area (Å²) in [4.78, 5) is 4.09. The third-order valence-corrected chi connectivity index (χ3v) is 2.96. The summed E-state index contributed by atoms with van der Waals surface area (Å²) >= 11 is 1.45. The van der Waals surface area contributed by atoms with Gasteiger partial charge in [-0.05, 0) is 6.92 Å². The minimum absolute atomic E-state index is 0.586. The van der Waals surface area contributed by atoms with E-state index in [1.807, 2.05) is 12.3 Å². The van der Waals surface area contributed by atoms with Crippen LogP contribution in [0.4, 0.5) is 0 Å². The first-order chi connectivity index (χ1) is 7.77. The molecule has 0 aliphatic rings. The lowest BCUT2D eigenvalue weighted by molar-refractivity contribution is 0.198. The molecule has 0 saturated carbocycles. The standard InChI is InChI=1S/C10H13N3O2S/c1-3-13-9(8(15-2)4-12-13)10(14)7-5-16-6-11-7/h4-6,10,14H,3H2,1-2H3. The lowest BCUT2D eigenvalue weighted by atomic mass is 10.2. The van der Waals surface area contributed by atoms with Gasteiger partial charge in [0.1, 0.15) is 11.8 Å². The van der Waals surface area contributed by atoms with Crippen LogP contribution < -0.4 is 4.74 Å². The van der Waals surface area contributed by atoms with Gasteiger partial charge in [0.15, 0.2) is 5.75 Å². The summed E-state index contributed by atoms with van der Waals surface area (Å²) in [5, 5.41) is 16.2. The summed E-state index contributed by atoms with van der Waals surface area (Å²) in [5.41, 5.74) is 2.96. The normalized spacial score (nSPS) is 12.7. The highest BCUT2D eigenvalue weighted by Gasteiger charge is 2.22. The number of hydrogen-bond acceptors (Lipinski definition) is 5. The van der Waals surface area contributed by atoms with Crippen molar-refractivity contribution >= 4 is 11.3 Å². The Labute approximate surface area is 97.3 Å². The van der Waals surface area contributed by atoms with Crippen molar-refractivity contribution in [1.82, 2.24) is 14.8 Å². The van der Waals surface area contributed by atoms with E-state index in [4.69, 9.17) is 4.74 Å². The number of nitrogens with zero attached hydrogens (tertiary/aromatic N) is 3. The maximum absolute atomic E-state index is 10.2. The van der Waals surface area contributed by atoms with Gasteiger partial charge >= 0.3 is 0 Å². The molecule has 0 radical (unpaired) electrons. The topological polar surface area (TPSA) is 60.2 Å². The summed E-state index contributed by atoms with van der Waals surface area (Å²) < 4.78 is 6.89. The van der Waals surface area contributed by atoms with Gasteiger partial charge in [-0.25, -0.2) is 4.98 Å². The van der Waals surface area contributed by atoms with Crippen LogP contribution in [0.15, 0.2) is 17.1 Å². The van der Waals surface area contributed by atoms with E-state index in [9.17, 15) is 5.11 Å². The van der Waals surface area contributed by atoms with Crippen molar-refractivity contribution in [2.24, 2.45) is 0 Å². The molecule has 1 unspecified atom stereocenters. The molecule has 0 bridgehead atoms. The Hall–Kier alpha value is -1.40. The van der Waals surface area contributed by atoms with Gasteiger partial charge in [0.25, 0.3) is 0 Å². The van der Waals surface area contributed by atoms with Crippen molar-refractivity contribution in [1.29, 1.82) is 0 Å². The zero-order valence-electron chi connectivity index (χ0n) is 9.12. The average molecular weight is 239 g/mol. The lowest BCUT2D eigenvalue weighted by Crippen LogP contribution is -2.10. The lowest BCUT2D eigenvalue weighted by Gasteiger charge is -2.11. The average Bonchev–Trinajstić information content (AvgIpc) is 2.96. The van der Waals surface area contributed by atoms with Crippen LogP contribution >= 0.6 is 11.3 Å². The maximum Gasteiger partial charge on any atom is 0.163 e. The van der Waals surface area contributed by atoms with Crippen LogP contribution in [0.1, 0.15) is 24.4 Å². The second-order valence-corrected chi connectivity index (χ2v) is 3.95. The number of rotatable bonds is 4. The van der Waals surface area contributed by atoms with E-state index >= 15 is 0 Å². The Morgan fingerprint density at radius 3 is 3.00 bits per heavy atom. The highest BCUT2D eigenvalue weighted by molar-refractivity contribution is 7.07. The molecule has 6 heteroatoms. The van der Waals surface area contributed by atoms with Gasteiger partial charge in [0, 0.05) is 11.9 Å². The molecule has 0 aliphatic carbocycles. The predicted molar refractivity (Wildman–Crippen MR) is 60.6 cm³/mol. The van der Waals surface area contributed by atoms with Crippen LogP contribution in [0.2, 0.25) is 0 Å². The number of methoxy groups -OCH3 is 1. The monoisotopic (exact) mass is 239 g/mol. The molecule has 1 atom stereocenters. The van der Waals surface area contributed by atoms with E-state index in [1.165, 1.54) is 11.3 Å². The fourth-order valence-corrected chi connectivity index (χ4v) is 2.13. The van der Waals surface area contributed by atoms with Crippen molar-refractivity contribution in [3.63, 3.8) is 0 Å². The number of aliphatic hydroxyl groups excluding tert-OH is 1. The third kappa shape index (κ3) is 1.81. The van der Waals surface area contributed by atoms with Crippen LogP contribution in [0, 0.1) is 0 Å². The first-order valence-electron chi connectivity index (χ1n) is 4.93. The molecule has 2 aromatic rings. The zero-order chi connectivity index (χ0) is 11.5.